The predicted molar refractivity (Wildman–Crippen MR) is 123 cm³/mol. The number of esters is 1. The number of ether oxygens (including phenoxy) is 1. The number of nitrogens with one attached hydrogen (secondary N) is 1. The van der Waals surface area contributed by atoms with E-state index in [1.807, 2.05) is 30.3 Å². The number of rotatable bonds is 5. The topological polar surface area (TPSA) is 58.6 Å². The van der Waals surface area contributed by atoms with Gasteiger partial charge in [0, 0.05) is 23.2 Å². The summed E-state index contributed by atoms with van der Waals surface area (Å²) < 4.78 is 6.09. The number of fused-ring (bicyclic) bond motifs is 1. The molecule has 1 aromatic heterocycles. The maximum Gasteiger partial charge on any atom is 0.338 e. The Morgan fingerprint density at radius 1 is 1.13 bits per heavy atom. The van der Waals surface area contributed by atoms with Gasteiger partial charge >= 0.3 is 5.97 Å². The molecule has 5 nitrogen and oxygen atoms in total. The van der Waals surface area contributed by atoms with Gasteiger partial charge in [-0.25, -0.2) is 4.79 Å². The molecule has 7 heteroatoms. The van der Waals surface area contributed by atoms with E-state index in [9.17, 15) is 9.59 Å². The van der Waals surface area contributed by atoms with Crippen molar-refractivity contribution in [3.63, 3.8) is 0 Å². The zero-order valence-corrected chi connectivity index (χ0v) is 18.3. The van der Waals surface area contributed by atoms with Gasteiger partial charge in [-0.1, -0.05) is 29.8 Å². The summed E-state index contributed by atoms with van der Waals surface area (Å²) in [5.74, 6) is -0.682. The molecule has 2 heterocycles. The summed E-state index contributed by atoms with van der Waals surface area (Å²) in [6.07, 6.45) is 3.42. The average Bonchev–Trinajstić information content (AvgIpc) is 3.11. The van der Waals surface area contributed by atoms with Gasteiger partial charge in [0.15, 0.2) is 0 Å². The molecule has 0 spiro atoms. The van der Waals surface area contributed by atoms with E-state index in [4.69, 9.17) is 16.3 Å². The Morgan fingerprint density at radius 3 is 2.63 bits per heavy atom. The third-order valence-electron chi connectivity index (χ3n) is 5.19. The maximum atomic E-state index is 13.1. The zero-order chi connectivity index (χ0) is 21.1. The molecule has 1 saturated heterocycles. The second-order valence-corrected chi connectivity index (χ2v) is 8.63. The second kappa shape index (κ2) is 9.06. The molecule has 0 saturated carbocycles. The van der Waals surface area contributed by atoms with Gasteiger partial charge in [0.1, 0.15) is 4.88 Å². The van der Waals surface area contributed by atoms with E-state index < -0.39 is 5.97 Å². The number of benzene rings is 2. The smallest absolute Gasteiger partial charge is 0.338 e. The van der Waals surface area contributed by atoms with Gasteiger partial charge in [-0.3, -0.25) is 4.79 Å². The van der Waals surface area contributed by atoms with Crippen LogP contribution in [0.5, 0.6) is 0 Å². The Morgan fingerprint density at radius 2 is 1.90 bits per heavy atom. The minimum Gasteiger partial charge on any atom is -0.462 e. The highest BCUT2D eigenvalue weighted by molar-refractivity contribution is 7.21. The Balaban J connectivity index is 1.69. The largest absolute Gasteiger partial charge is 0.462 e. The Hall–Kier alpha value is -2.57. The van der Waals surface area contributed by atoms with Crippen LogP contribution in [0.2, 0.25) is 5.02 Å². The number of anilines is 2. The first kappa shape index (κ1) is 20.7. The molecule has 1 amide bonds. The summed E-state index contributed by atoms with van der Waals surface area (Å²) in [7, 11) is 0. The number of hydrogen-bond acceptors (Lipinski definition) is 5. The Kier molecular flexibility index (Phi) is 6.25. The molecule has 1 N–H and O–H groups in total. The van der Waals surface area contributed by atoms with Crippen LogP contribution in [-0.2, 0) is 4.74 Å². The lowest BCUT2D eigenvalue weighted by Crippen LogP contribution is -2.30. The summed E-state index contributed by atoms with van der Waals surface area (Å²) in [4.78, 5) is 28.1. The molecular formula is C23H23ClN2O3S. The molecule has 0 atom stereocenters. The van der Waals surface area contributed by atoms with E-state index in [2.05, 4.69) is 10.2 Å². The number of amides is 1. The van der Waals surface area contributed by atoms with Gasteiger partial charge < -0.3 is 15.0 Å². The number of carbonyl (C=O) groups excluding carboxylic acids is 2. The van der Waals surface area contributed by atoms with Gasteiger partial charge in [0.25, 0.3) is 5.91 Å². The van der Waals surface area contributed by atoms with Crippen molar-refractivity contribution in [2.45, 2.75) is 26.2 Å². The van der Waals surface area contributed by atoms with Crippen molar-refractivity contribution in [1.29, 1.82) is 0 Å². The van der Waals surface area contributed by atoms with E-state index in [-0.39, 0.29) is 5.91 Å². The van der Waals surface area contributed by atoms with Gasteiger partial charge in [-0.15, -0.1) is 11.3 Å². The number of halogens is 1. The number of carbonyl (C=O) groups is 2. The van der Waals surface area contributed by atoms with Crippen LogP contribution in [0.15, 0.2) is 42.5 Å². The molecule has 0 unspecified atom stereocenters. The van der Waals surface area contributed by atoms with Crippen molar-refractivity contribution >= 4 is 56.3 Å². The molecule has 30 heavy (non-hydrogen) atoms. The molecule has 0 aliphatic carbocycles. The van der Waals surface area contributed by atoms with Crippen LogP contribution < -0.4 is 10.2 Å². The van der Waals surface area contributed by atoms with Gasteiger partial charge in [-0.05, 0) is 50.5 Å². The van der Waals surface area contributed by atoms with Crippen LogP contribution in [0.4, 0.5) is 11.4 Å². The number of thiophene rings is 1. The van der Waals surface area contributed by atoms with Crippen LogP contribution in [-0.4, -0.2) is 31.6 Å². The van der Waals surface area contributed by atoms with E-state index in [1.165, 1.54) is 17.8 Å². The van der Waals surface area contributed by atoms with Crippen molar-refractivity contribution in [3.8, 4) is 0 Å². The van der Waals surface area contributed by atoms with E-state index >= 15 is 0 Å². The molecule has 1 aliphatic rings. The Labute approximate surface area is 184 Å². The van der Waals surface area contributed by atoms with Crippen LogP contribution in [0.3, 0.4) is 0 Å². The highest BCUT2D eigenvalue weighted by Gasteiger charge is 2.22. The van der Waals surface area contributed by atoms with E-state index in [0.717, 1.165) is 41.7 Å². The maximum absolute atomic E-state index is 13.1. The van der Waals surface area contributed by atoms with Gasteiger partial charge in [-0.2, -0.15) is 0 Å². The van der Waals surface area contributed by atoms with Gasteiger partial charge in [0.2, 0.25) is 0 Å². The number of piperidine rings is 1. The third-order valence-corrected chi connectivity index (χ3v) is 6.87. The Bertz CT molecular complexity index is 1090. The first-order valence-electron chi connectivity index (χ1n) is 10.1. The van der Waals surface area contributed by atoms with Crippen molar-refractivity contribution < 1.29 is 14.3 Å². The SMILES string of the molecule is CCOC(=O)c1ccc(N2CCCCC2)c(NC(=O)c2sc3ccccc3c2Cl)c1. The molecular weight excluding hydrogens is 420 g/mol. The highest BCUT2D eigenvalue weighted by atomic mass is 35.5. The lowest BCUT2D eigenvalue weighted by atomic mass is 10.1. The zero-order valence-electron chi connectivity index (χ0n) is 16.7. The van der Waals surface area contributed by atoms with E-state index in [0.29, 0.717) is 27.8 Å². The van der Waals surface area contributed by atoms with Gasteiger partial charge in [0.05, 0.1) is 28.6 Å². The highest BCUT2D eigenvalue weighted by Crippen LogP contribution is 2.37. The number of nitrogens with zero attached hydrogens (tertiary/aromatic N) is 1. The summed E-state index contributed by atoms with van der Waals surface area (Å²) in [6, 6.07) is 13.0. The molecule has 0 radical (unpaired) electrons. The number of hydrogen-bond donors (Lipinski definition) is 1. The summed E-state index contributed by atoms with van der Waals surface area (Å²) in [5, 5.41) is 4.32. The lowest BCUT2D eigenvalue weighted by molar-refractivity contribution is 0.0526. The first-order chi connectivity index (χ1) is 14.6. The molecule has 3 aromatic rings. The van der Waals surface area contributed by atoms with Crippen molar-refractivity contribution in [3.05, 3.63) is 57.9 Å². The summed E-state index contributed by atoms with van der Waals surface area (Å²) in [6.45, 7) is 3.91. The van der Waals surface area contributed by atoms with Crippen molar-refractivity contribution in [2.24, 2.45) is 0 Å². The first-order valence-corrected chi connectivity index (χ1v) is 11.3. The molecule has 0 bridgehead atoms. The molecule has 4 rings (SSSR count). The van der Waals surface area contributed by atoms with Crippen LogP contribution >= 0.6 is 22.9 Å². The minimum absolute atomic E-state index is 0.277. The lowest BCUT2D eigenvalue weighted by Gasteiger charge is -2.30. The molecule has 156 valence electrons. The normalized spacial score (nSPS) is 14.0. The summed E-state index contributed by atoms with van der Waals surface area (Å²) >= 11 is 7.86. The molecule has 1 aliphatic heterocycles. The fourth-order valence-corrected chi connectivity index (χ4v) is 5.14. The standard InChI is InChI=1S/C23H23ClN2O3S/c1-2-29-23(28)15-10-11-18(26-12-6-3-7-13-26)17(14-15)25-22(27)21-20(24)16-8-4-5-9-19(16)30-21/h4-5,8-11,14H,2-3,6-7,12-13H2,1H3,(H,25,27). The van der Waals surface area contributed by atoms with Crippen molar-refractivity contribution in [2.75, 3.05) is 29.9 Å². The van der Waals surface area contributed by atoms with Crippen LogP contribution in [0.25, 0.3) is 10.1 Å². The van der Waals surface area contributed by atoms with Crippen LogP contribution in [0, 0.1) is 0 Å². The predicted octanol–water partition coefficient (Wildman–Crippen LogP) is 5.97. The second-order valence-electron chi connectivity index (χ2n) is 7.20. The quantitative estimate of drug-likeness (QED) is 0.494. The summed E-state index contributed by atoms with van der Waals surface area (Å²) in [5.41, 5.74) is 1.92. The fraction of sp³-hybridized carbons (Fsp3) is 0.304. The molecule has 2 aromatic carbocycles. The average molecular weight is 443 g/mol. The third kappa shape index (κ3) is 4.16. The van der Waals surface area contributed by atoms with Crippen LogP contribution in [0.1, 0.15) is 46.2 Å². The molecule has 1 fully saturated rings. The fourth-order valence-electron chi connectivity index (χ4n) is 3.73. The van der Waals surface area contributed by atoms with Crippen molar-refractivity contribution in [1.82, 2.24) is 0 Å². The van der Waals surface area contributed by atoms with E-state index in [1.54, 1.807) is 19.1 Å². The monoisotopic (exact) mass is 442 g/mol. The minimum atomic E-state index is -0.405.